The van der Waals surface area contributed by atoms with E-state index in [1.54, 1.807) is 0 Å². The Morgan fingerprint density at radius 3 is 1.91 bits per heavy atom. The molecule has 2 N–H and O–H groups in total. The highest BCUT2D eigenvalue weighted by Crippen LogP contribution is 2.54. The lowest BCUT2D eigenvalue weighted by molar-refractivity contribution is -0.340. The summed E-state index contributed by atoms with van der Waals surface area (Å²) in [5, 5.41) is 0. The molecule has 1 aromatic rings. The van der Waals surface area contributed by atoms with Crippen LogP contribution in [0.4, 0.5) is 26.3 Å². The Morgan fingerprint density at radius 1 is 0.870 bits per heavy atom. The molecule has 0 spiro atoms. The molecule has 0 amide bonds. The van der Waals surface area contributed by atoms with Crippen LogP contribution in [0.2, 0.25) is 0 Å². The second-order valence-electron chi connectivity index (χ2n) is 4.75. The molecular formula is C12H9F6NO3S. The quantitative estimate of drug-likeness (QED) is 0.389. The Balaban J connectivity index is 2.51. The maximum absolute atomic E-state index is 14.2. The Morgan fingerprint density at radius 2 is 1.39 bits per heavy atom. The number of alkyl halides is 6. The van der Waals surface area contributed by atoms with Crippen molar-refractivity contribution in [2.45, 2.75) is 28.4 Å². The Bertz CT molecular complexity index is 734. The topological polar surface area (TPSA) is 69.4 Å². The number of hydrogen-bond donors (Lipinski definition) is 1. The Kier molecular flexibility index (Phi) is 3.82. The van der Waals surface area contributed by atoms with Gasteiger partial charge in [-0.25, -0.2) is 8.57 Å². The van der Waals surface area contributed by atoms with Crippen LogP contribution in [0.15, 0.2) is 47.4 Å². The maximum atomic E-state index is 14.2. The summed E-state index contributed by atoms with van der Waals surface area (Å²) in [6.45, 7) is 0. The van der Waals surface area contributed by atoms with Crippen LogP contribution < -0.4 is 5.73 Å². The van der Waals surface area contributed by atoms with E-state index in [0.29, 0.717) is 0 Å². The molecule has 0 heterocycles. The molecule has 0 saturated carbocycles. The van der Waals surface area contributed by atoms with Gasteiger partial charge in [-0.3, -0.25) is 5.73 Å². The number of halogens is 6. The van der Waals surface area contributed by atoms with E-state index in [2.05, 4.69) is 9.92 Å². The van der Waals surface area contributed by atoms with Gasteiger partial charge in [0.2, 0.25) is 5.79 Å². The van der Waals surface area contributed by atoms with Crippen molar-refractivity contribution in [2.24, 2.45) is 5.73 Å². The predicted octanol–water partition coefficient (Wildman–Crippen LogP) is 2.52. The van der Waals surface area contributed by atoms with Crippen LogP contribution in [0.1, 0.15) is 0 Å². The van der Waals surface area contributed by atoms with E-state index < -0.39 is 50.7 Å². The van der Waals surface area contributed by atoms with Crippen molar-refractivity contribution < 1.29 is 38.9 Å². The van der Waals surface area contributed by atoms with Gasteiger partial charge in [-0.2, -0.15) is 30.4 Å². The molecule has 4 nitrogen and oxygen atoms in total. The number of nitrogens with two attached hydrogens (primary N) is 1. The van der Waals surface area contributed by atoms with E-state index in [-0.39, 0.29) is 0 Å². The second kappa shape index (κ2) is 4.95. The van der Waals surface area contributed by atoms with E-state index >= 15 is 0 Å². The van der Waals surface area contributed by atoms with Crippen LogP contribution in [-0.4, -0.2) is 31.9 Å². The molecular weight excluding hydrogens is 352 g/mol. The fraction of sp³-hybridized carbons (Fsp3) is 0.333. The minimum atomic E-state index is -5.89. The summed E-state index contributed by atoms with van der Waals surface area (Å²) in [6, 6.07) is 5.42. The summed E-state index contributed by atoms with van der Waals surface area (Å²) < 4.78 is 109. The van der Waals surface area contributed by atoms with Gasteiger partial charge in [-0.1, -0.05) is 18.2 Å². The molecule has 0 saturated heterocycles. The minimum absolute atomic E-state index is 0.412. The molecule has 0 aliphatic heterocycles. The molecule has 0 radical (unpaired) electrons. The largest absolute Gasteiger partial charge is 0.377 e. The summed E-state index contributed by atoms with van der Waals surface area (Å²) in [7, 11) is -5.18. The highest BCUT2D eigenvalue weighted by molar-refractivity contribution is 7.86. The fourth-order valence-electron chi connectivity index (χ4n) is 1.77. The van der Waals surface area contributed by atoms with Gasteiger partial charge in [0.1, 0.15) is 0 Å². The molecule has 2 rings (SSSR count). The third kappa shape index (κ3) is 2.52. The zero-order valence-electron chi connectivity index (χ0n) is 11.0. The van der Waals surface area contributed by atoms with Gasteiger partial charge in [0.05, 0.1) is 4.90 Å². The van der Waals surface area contributed by atoms with Crippen molar-refractivity contribution >= 4 is 10.1 Å². The Hall–Kier alpha value is -1.59. The van der Waals surface area contributed by atoms with Gasteiger partial charge in [0, 0.05) is 0 Å². The number of hydrogen-bond acceptors (Lipinski definition) is 4. The van der Waals surface area contributed by atoms with Gasteiger partial charge < -0.3 is 0 Å². The molecule has 2 unspecified atom stereocenters. The van der Waals surface area contributed by atoms with Crippen LogP contribution in [0, 0.1) is 0 Å². The first-order chi connectivity index (χ1) is 10.3. The fourth-order valence-corrected chi connectivity index (χ4v) is 2.83. The van der Waals surface area contributed by atoms with Gasteiger partial charge in [-0.15, -0.1) is 0 Å². The average Bonchev–Trinajstić information content (AvgIpc) is 2.44. The lowest BCUT2D eigenvalue weighted by Gasteiger charge is -2.42. The van der Waals surface area contributed by atoms with Gasteiger partial charge >= 0.3 is 17.7 Å². The van der Waals surface area contributed by atoms with Crippen molar-refractivity contribution in [3.63, 3.8) is 0 Å². The van der Waals surface area contributed by atoms with Crippen molar-refractivity contribution in [3.05, 3.63) is 42.5 Å². The maximum Gasteiger partial charge on any atom is 0.377 e. The smallest absolute Gasteiger partial charge is 0.290 e. The zero-order chi connectivity index (χ0) is 17.7. The lowest BCUT2D eigenvalue weighted by atomic mass is 9.89. The number of benzene rings is 1. The molecule has 1 aliphatic rings. The second-order valence-corrected chi connectivity index (χ2v) is 6.29. The SMILES string of the molecule is NC1(F)C=CC(F)(OS(=O)(=O)c2ccccc2)C(F)(F)C1(F)F. The molecule has 23 heavy (non-hydrogen) atoms. The molecule has 1 aromatic carbocycles. The van der Waals surface area contributed by atoms with Crippen molar-refractivity contribution in [3.8, 4) is 0 Å². The first-order valence-corrected chi connectivity index (χ1v) is 7.31. The minimum Gasteiger partial charge on any atom is -0.290 e. The van der Waals surface area contributed by atoms with Gasteiger partial charge in [0.25, 0.3) is 10.1 Å². The van der Waals surface area contributed by atoms with Crippen LogP contribution in [-0.2, 0) is 14.3 Å². The molecule has 0 bridgehead atoms. The average molecular weight is 361 g/mol. The number of rotatable bonds is 3. The van der Waals surface area contributed by atoms with Crippen molar-refractivity contribution in [1.29, 1.82) is 0 Å². The van der Waals surface area contributed by atoms with Crippen LogP contribution in [0.5, 0.6) is 0 Å². The normalized spacial score (nSPS) is 32.7. The molecule has 0 aromatic heterocycles. The zero-order valence-corrected chi connectivity index (χ0v) is 11.8. The van der Waals surface area contributed by atoms with E-state index in [9.17, 15) is 34.8 Å². The molecule has 0 fully saturated rings. The molecule has 11 heteroatoms. The van der Waals surface area contributed by atoms with Crippen molar-refractivity contribution in [2.75, 3.05) is 0 Å². The van der Waals surface area contributed by atoms with E-state index in [1.807, 2.05) is 0 Å². The molecule has 2 atom stereocenters. The van der Waals surface area contributed by atoms with Crippen LogP contribution >= 0.6 is 0 Å². The Labute approximate surface area is 126 Å². The third-order valence-electron chi connectivity index (χ3n) is 3.11. The van der Waals surface area contributed by atoms with E-state index in [1.165, 1.54) is 6.07 Å². The summed E-state index contributed by atoms with van der Waals surface area (Å²) in [5.74, 6) is -20.8. The van der Waals surface area contributed by atoms with Gasteiger partial charge in [-0.05, 0) is 24.3 Å². The first kappa shape index (κ1) is 17.8. The highest BCUT2D eigenvalue weighted by atomic mass is 32.2. The summed E-state index contributed by atoms with van der Waals surface area (Å²) >= 11 is 0. The first-order valence-electron chi connectivity index (χ1n) is 5.90. The monoisotopic (exact) mass is 361 g/mol. The van der Waals surface area contributed by atoms with E-state index in [0.717, 1.165) is 24.3 Å². The van der Waals surface area contributed by atoms with Crippen LogP contribution in [0.3, 0.4) is 0 Å². The highest BCUT2D eigenvalue weighted by Gasteiger charge is 2.80. The lowest BCUT2D eigenvalue weighted by Crippen LogP contribution is -2.70. The predicted molar refractivity (Wildman–Crippen MR) is 65.6 cm³/mol. The third-order valence-corrected chi connectivity index (χ3v) is 4.42. The van der Waals surface area contributed by atoms with Gasteiger partial charge in [0.15, 0.2) is 0 Å². The molecule has 128 valence electrons. The summed E-state index contributed by atoms with van der Waals surface area (Å²) in [6.07, 6.45) is -0.893. The van der Waals surface area contributed by atoms with Crippen molar-refractivity contribution in [1.82, 2.24) is 0 Å². The standard InChI is InChI=1S/C12H9F6NO3S/c13-9(19)6-7-10(14,12(17,18)11(9,15)16)22-23(20,21)8-4-2-1-3-5-8/h1-7H,19H2. The van der Waals surface area contributed by atoms with Crippen LogP contribution in [0.25, 0.3) is 0 Å². The summed E-state index contributed by atoms with van der Waals surface area (Å²) in [4.78, 5) is -0.755. The summed E-state index contributed by atoms with van der Waals surface area (Å²) in [5.41, 5.74) is 4.37. The van der Waals surface area contributed by atoms with E-state index in [4.69, 9.17) is 0 Å². The molecule has 1 aliphatic carbocycles.